The van der Waals surface area contributed by atoms with Gasteiger partial charge in [-0.15, -0.1) is 0 Å². The van der Waals surface area contributed by atoms with E-state index in [9.17, 15) is 0 Å². The predicted octanol–water partition coefficient (Wildman–Crippen LogP) is 11.7. The van der Waals surface area contributed by atoms with Gasteiger partial charge in [-0.05, 0) is 159 Å². The van der Waals surface area contributed by atoms with E-state index in [0.717, 1.165) is 19.3 Å². The van der Waals surface area contributed by atoms with Crippen molar-refractivity contribution >= 4 is 22.7 Å². The number of allylic oxidation sites excluding steroid dienone is 8. The minimum atomic E-state index is 0.427. The Kier molecular flexibility index (Phi) is 8.44. The quantitative estimate of drug-likeness (QED) is 0.216. The molecule has 2 heteroatoms. The molecule has 0 fully saturated rings. The van der Waals surface area contributed by atoms with Crippen LogP contribution in [0.4, 0.5) is 22.7 Å². The molecule has 0 N–H and O–H groups in total. The van der Waals surface area contributed by atoms with Gasteiger partial charge in [-0.2, -0.15) is 0 Å². The second-order valence-corrected chi connectivity index (χ2v) is 12.7. The van der Waals surface area contributed by atoms with Crippen LogP contribution in [0.1, 0.15) is 55.4 Å². The van der Waals surface area contributed by atoms with Gasteiger partial charge in [0.25, 0.3) is 0 Å². The standard InChI is InChI=1S/C42H44N2/c1-29-11-7-15-35(23-29)43(36-16-8-12-30(2)24-36)39-19-21-41(33(5)27-39)42-22-20-40(28-34(42)6)44(37-17-9-13-31(3)25-37)38-18-10-14-32(4)26-38/h7-19,21,23-26,28,33H,20,22,27H2,1-6H3. The van der Waals surface area contributed by atoms with Crippen LogP contribution < -0.4 is 9.80 Å². The summed E-state index contributed by atoms with van der Waals surface area (Å²) in [5.74, 6) is 0.427. The molecule has 6 rings (SSSR count). The second kappa shape index (κ2) is 12.6. The van der Waals surface area contributed by atoms with Crippen molar-refractivity contribution in [2.75, 3.05) is 9.80 Å². The summed E-state index contributed by atoms with van der Waals surface area (Å²) in [5.41, 5.74) is 17.0. The molecule has 2 aliphatic carbocycles. The van der Waals surface area contributed by atoms with Crippen LogP contribution in [0.3, 0.4) is 0 Å². The van der Waals surface area contributed by atoms with E-state index < -0.39 is 0 Å². The molecule has 1 atom stereocenters. The number of nitrogens with zero attached hydrogens (tertiary/aromatic N) is 2. The Labute approximate surface area is 264 Å². The van der Waals surface area contributed by atoms with Crippen molar-refractivity contribution in [3.8, 4) is 0 Å². The second-order valence-electron chi connectivity index (χ2n) is 12.7. The van der Waals surface area contributed by atoms with Crippen molar-refractivity contribution in [2.24, 2.45) is 5.92 Å². The maximum atomic E-state index is 2.46. The van der Waals surface area contributed by atoms with Gasteiger partial charge in [-0.25, -0.2) is 0 Å². The first-order chi connectivity index (χ1) is 21.3. The lowest BCUT2D eigenvalue weighted by atomic mass is 9.80. The highest BCUT2D eigenvalue weighted by Gasteiger charge is 2.27. The molecular weight excluding hydrogens is 532 g/mol. The normalized spacial score (nSPS) is 16.7. The molecule has 1 unspecified atom stereocenters. The van der Waals surface area contributed by atoms with Gasteiger partial charge < -0.3 is 9.80 Å². The van der Waals surface area contributed by atoms with E-state index in [1.807, 2.05) is 0 Å². The zero-order valence-corrected chi connectivity index (χ0v) is 27.1. The molecule has 2 aliphatic rings. The maximum absolute atomic E-state index is 2.46. The number of hydrogen-bond donors (Lipinski definition) is 0. The largest absolute Gasteiger partial charge is 0.314 e. The topological polar surface area (TPSA) is 6.48 Å². The molecule has 0 aromatic heterocycles. The van der Waals surface area contributed by atoms with Gasteiger partial charge >= 0.3 is 0 Å². The fraction of sp³-hybridized carbons (Fsp3) is 0.238. The van der Waals surface area contributed by atoms with E-state index in [1.54, 1.807) is 0 Å². The Balaban J connectivity index is 1.37. The summed E-state index contributed by atoms with van der Waals surface area (Å²) in [5, 5.41) is 0. The van der Waals surface area contributed by atoms with Crippen LogP contribution in [-0.4, -0.2) is 0 Å². The van der Waals surface area contributed by atoms with E-state index >= 15 is 0 Å². The lowest BCUT2D eigenvalue weighted by Gasteiger charge is -2.35. The van der Waals surface area contributed by atoms with Gasteiger partial charge in [0.05, 0.1) is 0 Å². The van der Waals surface area contributed by atoms with Crippen molar-refractivity contribution in [3.63, 3.8) is 0 Å². The smallest absolute Gasteiger partial charge is 0.0461 e. The van der Waals surface area contributed by atoms with Crippen LogP contribution in [0.5, 0.6) is 0 Å². The first-order valence-corrected chi connectivity index (χ1v) is 16.0. The zero-order chi connectivity index (χ0) is 30.8. The fourth-order valence-corrected chi connectivity index (χ4v) is 6.84. The molecule has 222 valence electrons. The lowest BCUT2D eigenvalue weighted by Crippen LogP contribution is -2.23. The van der Waals surface area contributed by atoms with Crippen molar-refractivity contribution in [1.82, 2.24) is 0 Å². The minimum absolute atomic E-state index is 0.427. The van der Waals surface area contributed by atoms with Gasteiger partial charge in [0.2, 0.25) is 0 Å². The summed E-state index contributed by atoms with van der Waals surface area (Å²) in [6, 6.07) is 35.5. The van der Waals surface area contributed by atoms with Crippen molar-refractivity contribution in [1.29, 1.82) is 0 Å². The summed E-state index contributed by atoms with van der Waals surface area (Å²) in [6.07, 6.45) is 10.3. The van der Waals surface area contributed by atoms with E-state index in [4.69, 9.17) is 0 Å². The van der Waals surface area contributed by atoms with E-state index in [2.05, 4.69) is 167 Å². The summed E-state index contributed by atoms with van der Waals surface area (Å²) in [4.78, 5) is 4.91. The van der Waals surface area contributed by atoms with Crippen molar-refractivity contribution < 1.29 is 0 Å². The molecule has 0 amide bonds. The fourth-order valence-electron chi connectivity index (χ4n) is 6.84. The molecule has 0 aliphatic heterocycles. The molecule has 4 aromatic carbocycles. The summed E-state index contributed by atoms with van der Waals surface area (Å²) in [6.45, 7) is 13.4. The highest BCUT2D eigenvalue weighted by Crippen LogP contribution is 2.43. The first kappa shape index (κ1) is 29.5. The monoisotopic (exact) mass is 576 g/mol. The van der Waals surface area contributed by atoms with Crippen LogP contribution >= 0.6 is 0 Å². The zero-order valence-electron chi connectivity index (χ0n) is 27.1. The van der Waals surface area contributed by atoms with Crippen LogP contribution in [0, 0.1) is 33.6 Å². The lowest BCUT2D eigenvalue weighted by molar-refractivity contribution is 0.647. The highest BCUT2D eigenvalue weighted by atomic mass is 15.2. The third-order valence-corrected chi connectivity index (χ3v) is 8.95. The number of hydrogen-bond acceptors (Lipinski definition) is 2. The molecule has 0 saturated heterocycles. The third-order valence-electron chi connectivity index (χ3n) is 8.95. The molecule has 0 saturated carbocycles. The van der Waals surface area contributed by atoms with E-state index in [0.29, 0.717) is 5.92 Å². The number of aryl methyl sites for hydroxylation is 4. The van der Waals surface area contributed by atoms with E-state index in [1.165, 1.54) is 73.1 Å². The van der Waals surface area contributed by atoms with Crippen LogP contribution in [-0.2, 0) is 0 Å². The number of benzene rings is 4. The van der Waals surface area contributed by atoms with Crippen molar-refractivity contribution in [3.05, 3.63) is 166 Å². The van der Waals surface area contributed by atoms with Crippen LogP contribution in [0.25, 0.3) is 0 Å². The number of anilines is 4. The Morgan fingerprint density at radius 3 is 1.34 bits per heavy atom. The first-order valence-electron chi connectivity index (χ1n) is 16.0. The average Bonchev–Trinajstić information content (AvgIpc) is 2.98. The molecule has 4 aromatic rings. The van der Waals surface area contributed by atoms with Crippen molar-refractivity contribution in [2.45, 2.75) is 60.8 Å². The summed E-state index contributed by atoms with van der Waals surface area (Å²) >= 11 is 0. The molecule has 0 heterocycles. The Bertz CT molecular complexity index is 1720. The molecule has 2 nitrogen and oxygen atoms in total. The Morgan fingerprint density at radius 1 is 0.523 bits per heavy atom. The summed E-state index contributed by atoms with van der Waals surface area (Å²) in [7, 11) is 0. The molecule has 0 radical (unpaired) electrons. The Hall–Kier alpha value is -4.56. The maximum Gasteiger partial charge on any atom is 0.0461 e. The van der Waals surface area contributed by atoms with Gasteiger partial charge in [0, 0.05) is 34.1 Å². The summed E-state index contributed by atoms with van der Waals surface area (Å²) < 4.78 is 0. The van der Waals surface area contributed by atoms with Gasteiger partial charge in [-0.3, -0.25) is 0 Å². The average molecular weight is 577 g/mol. The van der Waals surface area contributed by atoms with E-state index in [-0.39, 0.29) is 0 Å². The number of rotatable bonds is 7. The minimum Gasteiger partial charge on any atom is -0.314 e. The van der Waals surface area contributed by atoms with Crippen LogP contribution in [0.15, 0.2) is 143 Å². The van der Waals surface area contributed by atoms with Gasteiger partial charge in [0.15, 0.2) is 0 Å². The molecule has 0 bridgehead atoms. The van der Waals surface area contributed by atoms with Crippen LogP contribution in [0.2, 0.25) is 0 Å². The predicted molar refractivity (Wildman–Crippen MR) is 189 cm³/mol. The Morgan fingerprint density at radius 2 is 0.955 bits per heavy atom. The van der Waals surface area contributed by atoms with Gasteiger partial charge in [-0.1, -0.05) is 61.5 Å². The molecule has 0 spiro atoms. The van der Waals surface area contributed by atoms with Gasteiger partial charge in [0.1, 0.15) is 0 Å². The SMILES string of the molecule is CC1=C(C2=CC=C(N(c3cccc(C)c3)c3cccc(C)c3)CC2C)CCC(N(c2cccc(C)c2)c2cccc(C)c2)=C1. The molecule has 44 heavy (non-hydrogen) atoms. The third kappa shape index (κ3) is 6.21. The highest BCUT2D eigenvalue weighted by molar-refractivity contribution is 5.72. The molecular formula is C42H44N2.